The van der Waals surface area contributed by atoms with Crippen LogP contribution in [-0.2, 0) is 11.2 Å². The highest BCUT2D eigenvalue weighted by atomic mass is 16.5. The molecule has 80 valence electrons. The minimum absolute atomic E-state index is 0.520. The lowest BCUT2D eigenvalue weighted by molar-refractivity contribution is -0.143. The molecule has 0 amide bonds. The highest BCUT2D eigenvalue weighted by molar-refractivity contribution is 5.78. The summed E-state index contributed by atoms with van der Waals surface area (Å²) in [5.74, 6) is -0.0148. The Morgan fingerprint density at radius 2 is 2.33 bits per heavy atom. The predicted molar refractivity (Wildman–Crippen MR) is 53.8 cm³/mol. The standard InChI is InChI=1S/C11H13NO3/c1-15-9-3-2-8(12-7-9)6-11(4-5-11)10(13)14/h2-3,7H,4-6H2,1H3,(H,13,14). The van der Waals surface area contributed by atoms with Crippen LogP contribution in [0.15, 0.2) is 18.3 Å². The molecule has 4 nitrogen and oxygen atoms in total. The van der Waals surface area contributed by atoms with Crippen LogP contribution in [0.5, 0.6) is 5.75 Å². The van der Waals surface area contributed by atoms with Gasteiger partial charge in [-0.05, 0) is 25.0 Å². The second-order valence-electron chi connectivity index (χ2n) is 3.95. The van der Waals surface area contributed by atoms with Gasteiger partial charge in [0.15, 0.2) is 0 Å². The summed E-state index contributed by atoms with van der Waals surface area (Å²) >= 11 is 0. The van der Waals surface area contributed by atoms with Gasteiger partial charge in [0.2, 0.25) is 0 Å². The smallest absolute Gasteiger partial charge is 0.310 e. The Balaban J connectivity index is 2.08. The summed E-state index contributed by atoms with van der Waals surface area (Å²) in [5, 5.41) is 9.01. The quantitative estimate of drug-likeness (QED) is 0.812. The molecule has 1 aliphatic carbocycles. The van der Waals surface area contributed by atoms with E-state index in [1.807, 2.05) is 6.07 Å². The molecule has 0 saturated heterocycles. The maximum atomic E-state index is 11.0. The van der Waals surface area contributed by atoms with E-state index < -0.39 is 11.4 Å². The van der Waals surface area contributed by atoms with E-state index in [0.717, 1.165) is 18.5 Å². The molecule has 1 saturated carbocycles. The molecule has 1 fully saturated rings. The van der Waals surface area contributed by atoms with Crippen LogP contribution < -0.4 is 4.74 Å². The van der Waals surface area contributed by atoms with Crippen molar-refractivity contribution >= 4 is 5.97 Å². The van der Waals surface area contributed by atoms with Crippen LogP contribution in [0.3, 0.4) is 0 Å². The molecule has 1 aliphatic rings. The highest BCUT2D eigenvalue weighted by Crippen LogP contribution is 2.48. The van der Waals surface area contributed by atoms with E-state index in [1.54, 1.807) is 19.4 Å². The largest absolute Gasteiger partial charge is 0.495 e. The first-order valence-electron chi connectivity index (χ1n) is 4.89. The van der Waals surface area contributed by atoms with Gasteiger partial charge in [-0.3, -0.25) is 9.78 Å². The topological polar surface area (TPSA) is 59.4 Å². The fraction of sp³-hybridized carbons (Fsp3) is 0.455. The van der Waals surface area contributed by atoms with Crippen LogP contribution in [0.1, 0.15) is 18.5 Å². The molecule has 4 heteroatoms. The molecule has 0 atom stereocenters. The van der Waals surface area contributed by atoms with Gasteiger partial charge in [0.05, 0.1) is 18.7 Å². The highest BCUT2D eigenvalue weighted by Gasteiger charge is 2.50. The van der Waals surface area contributed by atoms with Crippen molar-refractivity contribution in [2.75, 3.05) is 7.11 Å². The number of rotatable bonds is 4. The number of hydrogen-bond donors (Lipinski definition) is 1. The van der Waals surface area contributed by atoms with Gasteiger partial charge in [0.1, 0.15) is 5.75 Å². The van der Waals surface area contributed by atoms with Crippen molar-refractivity contribution in [3.63, 3.8) is 0 Å². The third kappa shape index (κ3) is 1.93. The number of methoxy groups -OCH3 is 1. The number of pyridine rings is 1. The van der Waals surface area contributed by atoms with Crippen LogP contribution in [0.25, 0.3) is 0 Å². The van der Waals surface area contributed by atoms with E-state index in [1.165, 1.54) is 0 Å². The summed E-state index contributed by atoms with van der Waals surface area (Å²) < 4.78 is 4.98. The van der Waals surface area contributed by atoms with Gasteiger partial charge in [-0.1, -0.05) is 0 Å². The van der Waals surface area contributed by atoms with Crippen molar-refractivity contribution in [2.45, 2.75) is 19.3 Å². The second-order valence-corrected chi connectivity index (χ2v) is 3.95. The third-order valence-electron chi connectivity index (χ3n) is 2.86. The van der Waals surface area contributed by atoms with E-state index in [-0.39, 0.29) is 0 Å². The van der Waals surface area contributed by atoms with Gasteiger partial charge in [-0.2, -0.15) is 0 Å². The summed E-state index contributed by atoms with van der Waals surface area (Å²) in [4.78, 5) is 15.1. The number of hydrogen-bond acceptors (Lipinski definition) is 3. The molecule has 0 aliphatic heterocycles. The van der Waals surface area contributed by atoms with Gasteiger partial charge in [-0.15, -0.1) is 0 Å². The molecule has 1 aromatic heterocycles. The van der Waals surface area contributed by atoms with Crippen LogP contribution in [0, 0.1) is 5.41 Å². The Bertz CT molecular complexity index is 368. The Morgan fingerprint density at radius 1 is 1.60 bits per heavy atom. The van der Waals surface area contributed by atoms with E-state index in [0.29, 0.717) is 12.2 Å². The summed E-state index contributed by atoms with van der Waals surface area (Å²) in [5.41, 5.74) is 0.275. The predicted octanol–water partition coefficient (Wildman–Crippen LogP) is 1.50. The minimum atomic E-state index is -0.708. The van der Waals surface area contributed by atoms with E-state index >= 15 is 0 Å². The number of carbonyl (C=O) groups is 1. The van der Waals surface area contributed by atoms with Crippen molar-refractivity contribution in [2.24, 2.45) is 5.41 Å². The maximum absolute atomic E-state index is 11.0. The average Bonchev–Trinajstić information content (AvgIpc) is 3.00. The summed E-state index contributed by atoms with van der Waals surface area (Å²) in [7, 11) is 1.58. The zero-order valence-electron chi connectivity index (χ0n) is 8.56. The monoisotopic (exact) mass is 207 g/mol. The van der Waals surface area contributed by atoms with Gasteiger partial charge in [0, 0.05) is 12.1 Å². The van der Waals surface area contributed by atoms with Gasteiger partial charge in [0.25, 0.3) is 0 Å². The van der Waals surface area contributed by atoms with Gasteiger partial charge >= 0.3 is 5.97 Å². The number of aliphatic carboxylic acids is 1. The number of aromatic nitrogens is 1. The molecule has 1 heterocycles. The summed E-state index contributed by atoms with van der Waals surface area (Å²) in [6.45, 7) is 0. The fourth-order valence-electron chi connectivity index (χ4n) is 1.60. The first-order chi connectivity index (χ1) is 7.16. The summed E-state index contributed by atoms with van der Waals surface area (Å²) in [6.07, 6.45) is 3.66. The zero-order chi connectivity index (χ0) is 10.9. The molecule has 1 N–H and O–H groups in total. The van der Waals surface area contributed by atoms with Crippen molar-refractivity contribution < 1.29 is 14.6 Å². The third-order valence-corrected chi connectivity index (χ3v) is 2.86. The lowest BCUT2D eigenvalue weighted by atomic mass is 10.0. The molecule has 0 unspecified atom stereocenters. The molecule has 1 aromatic rings. The van der Waals surface area contributed by atoms with Crippen molar-refractivity contribution in [3.8, 4) is 5.75 Å². The van der Waals surface area contributed by atoms with Crippen molar-refractivity contribution in [1.82, 2.24) is 4.98 Å². The van der Waals surface area contributed by atoms with Crippen molar-refractivity contribution in [3.05, 3.63) is 24.0 Å². The lowest BCUT2D eigenvalue weighted by Crippen LogP contribution is -2.18. The molecular formula is C11H13NO3. The van der Waals surface area contributed by atoms with Crippen molar-refractivity contribution in [1.29, 1.82) is 0 Å². The van der Waals surface area contributed by atoms with Gasteiger partial charge < -0.3 is 9.84 Å². The Kier molecular flexibility index (Phi) is 2.34. The fourth-order valence-corrected chi connectivity index (χ4v) is 1.60. The Morgan fingerprint density at radius 3 is 2.73 bits per heavy atom. The number of carboxylic acids is 1. The molecule has 0 bridgehead atoms. The SMILES string of the molecule is COc1ccc(CC2(C(=O)O)CC2)nc1. The average molecular weight is 207 g/mol. The maximum Gasteiger partial charge on any atom is 0.310 e. The second kappa shape index (κ2) is 3.53. The van der Waals surface area contributed by atoms with Crippen LogP contribution in [-0.4, -0.2) is 23.2 Å². The van der Waals surface area contributed by atoms with Crippen LogP contribution >= 0.6 is 0 Å². The zero-order valence-corrected chi connectivity index (χ0v) is 8.56. The first kappa shape index (κ1) is 9.96. The first-order valence-corrected chi connectivity index (χ1v) is 4.89. The molecule has 15 heavy (non-hydrogen) atoms. The number of nitrogens with zero attached hydrogens (tertiary/aromatic N) is 1. The van der Waals surface area contributed by atoms with E-state index in [2.05, 4.69) is 4.98 Å². The Hall–Kier alpha value is -1.58. The number of carboxylic acid groups (broad SMARTS) is 1. The normalized spacial score (nSPS) is 17.1. The minimum Gasteiger partial charge on any atom is -0.495 e. The molecule has 0 aromatic carbocycles. The molecule has 0 spiro atoms. The van der Waals surface area contributed by atoms with Crippen LogP contribution in [0.2, 0.25) is 0 Å². The Labute approximate surface area is 87.9 Å². The molecular weight excluding hydrogens is 194 g/mol. The van der Waals surface area contributed by atoms with E-state index in [9.17, 15) is 4.79 Å². The number of ether oxygens (including phenoxy) is 1. The van der Waals surface area contributed by atoms with E-state index in [4.69, 9.17) is 9.84 Å². The lowest BCUT2D eigenvalue weighted by Gasteiger charge is -2.08. The van der Waals surface area contributed by atoms with Crippen LogP contribution in [0.4, 0.5) is 0 Å². The molecule has 0 radical (unpaired) electrons. The van der Waals surface area contributed by atoms with Gasteiger partial charge in [-0.25, -0.2) is 0 Å². The molecule has 2 rings (SSSR count). The summed E-state index contributed by atoms with van der Waals surface area (Å²) in [6, 6.07) is 3.63.